The summed E-state index contributed by atoms with van der Waals surface area (Å²) in [5, 5.41) is 16.3. The van der Waals surface area contributed by atoms with Gasteiger partial charge in [0.25, 0.3) is 0 Å². The van der Waals surface area contributed by atoms with Crippen molar-refractivity contribution < 1.29 is 24.5 Å². The standard InChI is InChI=1S/C9H16O3.C4H6O2/c1-3-8(2)9(11)12-7-5-4-6-10;1-3(2)4(5)6/h3,10H,4-7H2,1-2H3;1H2,2H3,(H,5,6). The first kappa shape index (κ1) is 18.7. The molecule has 0 amide bonds. The number of rotatable bonds is 6. The van der Waals surface area contributed by atoms with E-state index in [1.807, 2.05) is 0 Å². The molecule has 0 bridgehead atoms. The van der Waals surface area contributed by atoms with Gasteiger partial charge in [0.15, 0.2) is 0 Å². The summed E-state index contributed by atoms with van der Waals surface area (Å²) in [5.74, 6) is -1.20. The van der Waals surface area contributed by atoms with E-state index < -0.39 is 5.97 Å². The maximum atomic E-state index is 11.0. The molecule has 0 saturated carbocycles. The van der Waals surface area contributed by atoms with Gasteiger partial charge in [-0.15, -0.1) is 0 Å². The van der Waals surface area contributed by atoms with Crippen LogP contribution >= 0.6 is 0 Å². The first-order chi connectivity index (χ1) is 8.36. The van der Waals surface area contributed by atoms with Crippen molar-refractivity contribution in [2.75, 3.05) is 13.2 Å². The third kappa shape index (κ3) is 12.4. The topological polar surface area (TPSA) is 83.8 Å². The molecule has 0 aromatic rings. The van der Waals surface area contributed by atoms with Gasteiger partial charge >= 0.3 is 11.9 Å². The number of aliphatic hydroxyl groups excluding tert-OH is 1. The van der Waals surface area contributed by atoms with Gasteiger partial charge in [-0.05, 0) is 33.6 Å². The van der Waals surface area contributed by atoms with E-state index >= 15 is 0 Å². The van der Waals surface area contributed by atoms with Crippen LogP contribution in [0.3, 0.4) is 0 Å². The Morgan fingerprint density at radius 3 is 2.11 bits per heavy atom. The third-order valence-electron chi connectivity index (χ3n) is 1.91. The number of hydrogen-bond acceptors (Lipinski definition) is 4. The normalized spacial score (nSPS) is 10.1. The summed E-state index contributed by atoms with van der Waals surface area (Å²) in [6.45, 7) is 8.66. The molecule has 0 aromatic carbocycles. The lowest BCUT2D eigenvalue weighted by molar-refractivity contribution is -0.139. The summed E-state index contributed by atoms with van der Waals surface area (Å²) >= 11 is 0. The molecule has 18 heavy (non-hydrogen) atoms. The Morgan fingerprint density at radius 1 is 1.28 bits per heavy atom. The van der Waals surface area contributed by atoms with Gasteiger partial charge in [0.2, 0.25) is 0 Å². The van der Waals surface area contributed by atoms with Crippen LogP contribution in [0.4, 0.5) is 0 Å². The van der Waals surface area contributed by atoms with Gasteiger partial charge in [-0.25, -0.2) is 9.59 Å². The summed E-state index contributed by atoms with van der Waals surface area (Å²) in [4.78, 5) is 20.6. The molecule has 0 spiro atoms. The number of hydrogen-bond donors (Lipinski definition) is 2. The Hall–Kier alpha value is -1.62. The van der Waals surface area contributed by atoms with Crippen molar-refractivity contribution in [2.24, 2.45) is 0 Å². The lowest BCUT2D eigenvalue weighted by Crippen LogP contribution is -2.07. The zero-order valence-electron chi connectivity index (χ0n) is 11.2. The van der Waals surface area contributed by atoms with Crippen molar-refractivity contribution in [3.8, 4) is 0 Å². The van der Waals surface area contributed by atoms with E-state index in [1.165, 1.54) is 6.92 Å². The number of allylic oxidation sites excluding steroid dienone is 1. The van der Waals surface area contributed by atoms with Gasteiger partial charge in [-0.3, -0.25) is 0 Å². The average Bonchev–Trinajstić information content (AvgIpc) is 2.33. The predicted octanol–water partition coefficient (Wildman–Crippen LogP) is 1.92. The van der Waals surface area contributed by atoms with Crippen LogP contribution in [-0.4, -0.2) is 35.4 Å². The molecule has 0 heterocycles. The van der Waals surface area contributed by atoms with Crippen LogP contribution in [0, 0.1) is 0 Å². The van der Waals surface area contributed by atoms with Crippen LogP contribution in [0.15, 0.2) is 23.8 Å². The van der Waals surface area contributed by atoms with Gasteiger partial charge < -0.3 is 14.9 Å². The molecule has 104 valence electrons. The van der Waals surface area contributed by atoms with Gasteiger partial charge in [0, 0.05) is 17.8 Å². The highest BCUT2D eigenvalue weighted by atomic mass is 16.5. The SMILES string of the molecule is C=C(C)C(=O)O.CC=C(C)C(=O)OCCCCO. The molecular weight excluding hydrogens is 236 g/mol. The first-order valence-corrected chi connectivity index (χ1v) is 5.66. The van der Waals surface area contributed by atoms with E-state index in [9.17, 15) is 9.59 Å². The van der Waals surface area contributed by atoms with Crippen LogP contribution < -0.4 is 0 Å². The second-order valence-electron chi connectivity index (χ2n) is 3.62. The summed E-state index contributed by atoms with van der Waals surface area (Å²) in [6.07, 6.45) is 3.12. The minimum absolute atomic E-state index is 0.153. The Labute approximate surface area is 108 Å². The fourth-order valence-corrected chi connectivity index (χ4v) is 0.610. The highest BCUT2D eigenvalue weighted by Gasteiger charge is 2.02. The number of aliphatic hydroxyl groups is 1. The zero-order valence-corrected chi connectivity index (χ0v) is 11.2. The number of aliphatic carboxylic acids is 1. The molecule has 0 aliphatic carbocycles. The van der Waals surface area contributed by atoms with E-state index in [2.05, 4.69) is 6.58 Å². The Balaban J connectivity index is 0. The molecule has 0 aliphatic heterocycles. The largest absolute Gasteiger partial charge is 0.478 e. The van der Waals surface area contributed by atoms with E-state index in [0.717, 1.165) is 6.42 Å². The molecule has 5 heteroatoms. The third-order valence-corrected chi connectivity index (χ3v) is 1.91. The number of carboxylic acid groups (broad SMARTS) is 1. The van der Waals surface area contributed by atoms with Crippen LogP contribution in [0.2, 0.25) is 0 Å². The maximum absolute atomic E-state index is 11.0. The molecule has 0 saturated heterocycles. The van der Waals surface area contributed by atoms with Gasteiger partial charge in [0.05, 0.1) is 6.61 Å². The first-order valence-electron chi connectivity index (χ1n) is 5.66. The number of unbranched alkanes of at least 4 members (excludes halogenated alkanes) is 1. The monoisotopic (exact) mass is 258 g/mol. The molecule has 0 radical (unpaired) electrons. The van der Waals surface area contributed by atoms with E-state index in [1.54, 1.807) is 19.9 Å². The summed E-state index contributed by atoms with van der Waals surface area (Å²) in [5.41, 5.74) is 0.800. The predicted molar refractivity (Wildman–Crippen MR) is 69.2 cm³/mol. The highest BCUT2D eigenvalue weighted by Crippen LogP contribution is 1.97. The number of carbonyl (C=O) groups excluding carboxylic acids is 1. The van der Waals surface area contributed by atoms with Crippen molar-refractivity contribution in [3.63, 3.8) is 0 Å². The molecule has 0 rings (SSSR count). The summed E-state index contributed by atoms with van der Waals surface area (Å²) < 4.78 is 4.88. The fraction of sp³-hybridized carbons (Fsp3) is 0.538. The minimum Gasteiger partial charge on any atom is -0.478 e. The molecular formula is C13H22O5. The molecule has 0 aromatic heterocycles. The number of carboxylic acids is 1. The second-order valence-corrected chi connectivity index (χ2v) is 3.62. The number of esters is 1. The van der Waals surface area contributed by atoms with Gasteiger partial charge in [-0.2, -0.15) is 0 Å². The smallest absolute Gasteiger partial charge is 0.333 e. The number of ether oxygens (including phenoxy) is 1. The fourth-order valence-electron chi connectivity index (χ4n) is 0.610. The Morgan fingerprint density at radius 2 is 1.78 bits per heavy atom. The van der Waals surface area contributed by atoms with Crippen molar-refractivity contribution in [1.82, 2.24) is 0 Å². The molecule has 5 nitrogen and oxygen atoms in total. The van der Waals surface area contributed by atoms with Crippen LogP contribution in [0.1, 0.15) is 33.6 Å². The van der Waals surface area contributed by atoms with E-state index in [0.29, 0.717) is 18.6 Å². The molecule has 0 aliphatic rings. The molecule has 0 fully saturated rings. The Kier molecular flexibility index (Phi) is 12.3. The second kappa shape index (κ2) is 11.9. The van der Waals surface area contributed by atoms with Crippen LogP contribution in [0.5, 0.6) is 0 Å². The van der Waals surface area contributed by atoms with Crippen molar-refractivity contribution in [2.45, 2.75) is 33.6 Å². The van der Waals surface area contributed by atoms with Crippen molar-refractivity contribution >= 4 is 11.9 Å². The molecule has 2 N–H and O–H groups in total. The quantitative estimate of drug-likeness (QED) is 0.432. The maximum Gasteiger partial charge on any atom is 0.333 e. The van der Waals surface area contributed by atoms with Crippen LogP contribution in [0.25, 0.3) is 0 Å². The lowest BCUT2D eigenvalue weighted by atomic mass is 10.3. The van der Waals surface area contributed by atoms with E-state index in [-0.39, 0.29) is 18.1 Å². The van der Waals surface area contributed by atoms with Gasteiger partial charge in [-0.1, -0.05) is 12.7 Å². The van der Waals surface area contributed by atoms with Crippen molar-refractivity contribution in [3.05, 3.63) is 23.8 Å². The Bertz CT molecular complexity index is 293. The molecule has 0 atom stereocenters. The van der Waals surface area contributed by atoms with Crippen molar-refractivity contribution in [1.29, 1.82) is 0 Å². The summed E-state index contributed by atoms with van der Waals surface area (Å²) in [6, 6.07) is 0. The van der Waals surface area contributed by atoms with Crippen LogP contribution in [-0.2, 0) is 14.3 Å². The molecule has 0 unspecified atom stereocenters. The zero-order chi connectivity index (χ0) is 14.6. The number of carbonyl (C=O) groups is 2. The highest BCUT2D eigenvalue weighted by molar-refractivity contribution is 5.87. The lowest BCUT2D eigenvalue weighted by Gasteiger charge is -2.02. The summed E-state index contributed by atoms with van der Waals surface area (Å²) in [7, 11) is 0. The van der Waals surface area contributed by atoms with E-state index in [4.69, 9.17) is 14.9 Å². The minimum atomic E-state index is -0.935. The van der Waals surface area contributed by atoms with Gasteiger partial charge in [0.1, 0.15) is 0 Å². The average molecular weight is 258 g/mol.